The first kappa shape index (κ1) is 16.1. The average Bonchev–Trinajstić information content (AvgIpc) is 3.25. The fourth-order valence-electron chi connectivity index (χ4n) is 4.18. The van der Waals surface area contributed by atoms with Gasteiger partial charge >= 0.3 is 0 Å². The number of hydrogen-bond acceptors (Lipinski definition) is 6. The van der Waals surface area contributed by atoms with E-state index in [4.69, 9.17) is 9.97 Å². The van der Waals surface area contributed by atoms with Crippen LogP contribution in [0, 0.1) is 0 Å². The van der Waals surface area contributed by atoms with Crippen molar-refractivity contribution in [2.45, 2.75) is 57.1 Å². The zero-order chi connectivity index (χ0) is 17.5. The van der Waals surface area contributed by atoms with Crippen LogP contribution in [0.3, 0.4) is 0 Å². The van der Waals surface area contributed by atoms with Crippen LogP contribution < -0.4 is 5.32 Å². The fourth-order valence-corrected chi connectivity index (χ4v) is 5.44. The summed E-state index contributed by atoms with van der Waals surface area (Å²) in [6.45, 7) is 0. The van der Waals surface area contributed by atoms with Crippen molar-refractivity contribution in [2.75, 3.05) is 5.32 Å². The minimum atomic E-state index is -0.303. The lowest BCUT2D eigenvalue weighted by Crippen LogP contribution is -2.36. The van der Waals surface area contributed by atoms with Crippen molar-refractivity contribution in [1.82, 2.24) is 15.0 Å². The molecule has 2 N–H and O–H groups in total. The van der Waals surface area contributed by atoms with E-state index in [2.05, 4.69) is 10.3 Å². The second-order valence-electron chi connectivity index (χ2n) is 7.28. The SMILES string of the molecule is O[C@H]1CCCC[C@@H]1Nc1nc(-c2cccnc2)nc2sc3c(c12)CCC3. The van der Waals surface area contributed by atoms with Crippen molar-refractivity contribution >= 4 is 27.4 Å². The number of fused-ring (bicyclic) bond motifs is 3. The van der Waals surface area contributed by atoms with Gasteiger partial charge in [-0.15, -0.1) is 11.3 Å². The third-order valence-electron chi connectivity index (χ3n) is 5.54. The number of thiophene rings is 1. The number of aliphatic hydroxyl groups is 1. The number of nitrogens with zero attached hydrogens (tertiary/aromatic N) is 3. The van der Waals surface area contributed by atoms with E-state index in [0.717, 1.165) is 54.7 Å². The molecule has 5 nitrogen and oxygen atoms in total. The summed E-state index contributed by atoms with van der Waals surface area (Å²) in [5, 5.41) is 15.2. The number of aliphatic hydroxyl groups excluding tert-OH is 1. The van der Waals surface area contributed by atoms with E-state index in [0.29, 0.717) is 5.82 Å². The first-order valence-corrected chi connectivity index (χ1v) is 10.3. The van der Waals surface area contributed by atoms with Crippen molar-refractivity contribution in [1.29, 1.82) is 0 Å². The monoisotopic (exact) mass is 366 g/mol. The summed E-state index contributed by atoms with van der Waals surface area (Å²) in [6, 6.07) is 3.98. The van der Waals surface area contributed by atoms with E-state index in [9.17, 15) is 5.11 Å². The molecule has 0 unspecified atom stereocenters. The Kier molecular flexibility index (Phi) is 4.10. The topological polar surface area (TPSA) is 70.9 Å². The third-order valence-corrected chi connectivity index (χ3v) is 6.72. The minimum absolute atomic E-state index is 0.0700. The molecule has 0 spiro atoms. The van der Waals surface area contributed by atoms with Gasteiger partial charge in [0.15, 0.2) is 5.82 Å². The average molecular weight is 366 g/mol. The Balaban J connectivity index is 1.63. The van der Waals surface area contributed by atoms with Crippen molar-refractivity contribution in [2.24, 2.45) is 0 Å². The normalized spacial score (nSPS) is 22.5. The van der Waals surface area contributed by atoms with E-state index < -0.39 is 0 Å². The summed E-state index contributed by atoms with van der Waals surface area (Å²) in [4.78, 5) is 16.4. The number of aryl methyl sites for hydroxylation is 2. The Hall–Kier alpha value is -2.05. The molecule has 6 heteroatoms. The van der Waals surface area contributed by atoms with Crippen molar-refractivity contribution < 1.29 is 5.11 Å². The molecule has 2 atom stereocenters. The highest BCUT2D eigenvalue weighted by Gasteiger charge is 2.27. The summed E-state index contributed by atoms with van der Waals surface area (Å²) in [5.41, 5.74) is 2.34. The molecule has 0 aliphatic heterocycles. The van der Waals surface area contributed by atoms with Crippen LogP contribution in [-0.4, -0.2) is 32.2 Å². The maximum atomic E-state index is 10.4. The first-order chi connectivity index (χ1) is 12.8. The fraction of sp³-hybridized carbons (Fsp3) is 0.450. The molecule has 1 fully saturated rings. The molecule has 0 amide bonds. The van der Waals surface area contributed by atoms with Crippen LogP contribution in [0.1, 0.15) is 42.5 Å². The van der Waals surface area contributed by atoms with E-state index in [1.54, 1.807) is 17.5 Å². The van der Waals surface area contributed by atoms with Gasteiger partial charge in [-0.05, 0) is 49.8 Å². The van der Waals surface area contributed by atoms with Crippen LogP contribution >= 0.6 is 11.3 Å². The van der Waals surface area contributed by atoms with E-state index in [1.165, 1.54) is 22.2 Å². The van der Waals surface area contributed by atoms with Gasteiger partial charge in [-0.3, -0.25) is 4.98 Å². The first-order valence-electron chi connectivity index (χ1n) is 9.47. The molecular weight excluding hydrogens is 344 g/mol. The van der Waals surface area contributed by atoms with Crippen LogP contribution in [0.4, 0.5) is 5.82 Å². The summed E-state index contributed by atoms with van der Waals surface area (Å²) in [7, 11) is 0. The van der Waals surface area contributed by atoms with Crippen molar-refractivity contribution in [3.05, 3.63) is 35.0 Å². The largest absolute Gasteiger partial charge is 0.391 e. The molecule has 1 saturated carbocycles. The molecule has 0 radical (unpaired) electrons. The highest BCUT2D eigenvalue weighted by molar-refractivity contribution is 7.19. The Morgan fingerprint density at radius 2 is 2.04 bits per heavy atom. The maximum Gasteiger partial charge on any atom is 0.164 e. The lowest BCUT2D eigenvalue weighted by atomic mass is 9.92. The van der Waals surface area contributed by atoms with Gasteiger partial charge in [0.1, 0.15) is 10.6 Å². The Morgan fingerprint density at radius 3 is 2.88 bits per heavy atom. The lowest BCUT2D eigenvalue weighted by molar-refractivity contribution is 0.116. The Bertz CT molecular complexity index is 940. The molecule has 0 aromatic carbocycles. The second-order valence-corrected chi connectivity index (χ2v) is 8.36. The zero-order valence-electron chi connectivity index (χ0n) is 14.6. The minimum Gasteiger partial charge on any atom is -0.391 e. The van der Waals surface area contributed by atoms with Crippen LogP contribution in [0.25, 0.3) is 21.6 Å². The van der Waals surface area contributed by atoms with Crippen LogP contribution in [0.15, 0.2) is 24.5 Å². The van der Waals surface area contributed by atoms with E-state index >= 15 is 0 Å². The van der Waals surface area contributed by atoms with Gasteiger partial charge in [0.25, 0.3) is 0 Å². The standard InChI is InChI=1S/C20H22N4OS/c25-15-8-2-1-7-14(15)22-19-17-13-6-3-9-16(13)26-20(17)24-18(23-19)12-5-4-10-21-11-12/h4-5,10-11,14-15,25H,1-3,6-9H2,(H,22,23,24)/t14-,15-/m0/s1. The molecule has 134 valence electrons. The summed E-state index contributed by atoms with van der Waals surface area (Å²) in [6.07, 6.45) is 10.8. The molecular formula is C20H22N4OS. The Labute approximate surface area is 156 Å². The molecule has 3 aromatic heterocycles. The predicted molar refractivity (Wildman–Crippen MR) is 105 cm³/mol. The Morgan fingerprint density at radius 1 is 1.12 bits per heavy atom. The van der Waals surface area contributed by atoms with Crippen LogP contribution in [0.5, 0.6) is 0 Å². The van der Waals surface area contributed by atoms with Crippen molar-refractivity contribution in [3.8, 4) is 11.4 Å². The van der Waals surface area contributed by atoms with Gasteiger partial charge in [-0.1, -0.05) is 12.8 Å². The molecule has 26 heavy (non-hydrogen) atoms. The molecule has 2 aliphatic rings. The van der Waals surface area contributed by atoms with Gasteiger partial charge in [0.2, 0.25) is 0 Å². The van der Waals surface area contributed by atoms with Crippen LogP contribution in [0.2, 0.25) is 0 Å². The molecule has 0 bridgehead atoms. The highest BCUT2D eigenvalue weighted by atomic mass is 32.1. The molecule has 3 aromatic rings. The quantitative estimate of drug-likeness (QED) is 0.734. The molecule has 2 aliphatic carbocycles. The summed E-state index contributed by atoms with van der Waals surface area (Å²) in [5.74, 6) is 1.59. The molecule has 3 heterocycles. The van der Waals surface area contributed by atoms with E-state index in [1.807, 2.05) is 18.3 Å². The molecule has 0 saturated heterocycles. The number of hydrogen-bond donors (Lipinski definition) is 2. The summed E-state index contributed by atoms with van der Waals surface area (Å²) >= 11 is 1.80. The van der Waals surface area contributed by atoms with Gasteiger partial charge in [0, 0.05) is 22.8 Å². The molecule has 5 rings (SSSR count). The number of rotatable bonds is 3. The number of anilines is 1. The van der Waals surface area contributed by atoms with Crippen molar-refractivity contribution in [3.63, 3.8) is 0 Å². The second kappa shape index (κ2) is 6.59. The summed E-state index contributed by atoms with van der Waals surface area (Å²) < 4.78 is 0. The smallest absolute Gasteiger partial charge is 0.164 e. The van der Waals surface area contributed by atoms with Gasteiger partial charge < -0.3 is 10.4 Å². The predicted octanol–water partition coefficient (Wildman–Crippen LogP) is 3.96. The third kappa shape index (κ3) is 2.77. The number of pyridine rings is 1. The van der Waals surface area contributed by atoms with Gasteiger partial charge in [-0.25, -0.2) is 9.97 Å². The van der Waals surface area contributed by atoms with Gasteiger partial charge in [-0.2, -0.15) is 0 Å². The van der Waals surface area contributed by atoms with E-state index in [-0.39, 0.29) is 12.1 Å². The van der Waals surface area contributed by atoms with Crippen LogP contribution in [-0.2, 0) is 12.8 Å². The number of aromatic nitrogens is 3. The maximum absolute atomic E-state index is 10.4. The zero-order valence-corrected chi connectivity index (χ0v) is 15.4. The van der Waals surface area contributed by atoms with Gasteiger partial charge in [0.05, 0.1) is 17.5 Å². The number of nitrogens with one attached hydrogen (secondary N) is 1. The highest BCUT2D eigenvalue weighted by Crippen LogP contribution is 2.41. The lowest BCUT2D eigenvalue weighted by Gasteiger charge is -2.29.